The molecule has 148 valence electrons. The van der Waals surface area contributed by atoms with Gasteiger partial charge in [-0.3, -0.25) is 0 Å². The summed E-state index contributed by atoms with van der Waals surface area (Å²) in [6.07, 6.45) is 0.398. The van der Waals surface area contributed by atoms with Crippen molar-refractivity contribution >= 4 is 10.0 Å². The summed E-state index contributed by atoms with van der Waals surface area (Å²) in [5.41, 5.74) is 1.95. The Morgan fingerprint density at radius 3 is 2.30 bits per heavy atom. The average Bonchev–Trinajstić information content (AvgIpc) is 2.67. The molecule has 0 amide bonds. The molecule has 2 aromatic rings. The van der Waals surface area contributed by atoms with E-state index in [1.807, 2.05) is 38.1 Å². The van der Waals surface area contributed by atoms with E-state index in [0.29, 0.717) is 12.4 Å². The molecule has 0 aliphatic rings. The molecule has 6 nitrogen and oxygen atoms in total. The molecule has 0 saturated carbocycles. The first kappa shape index (κ1) is 21.4. The lowest BCUT2D eigenvalue weighted by molar-refractivity contribution is 0.0309. The van der Waals surface area contributed by atoms with Gasteiger partial charge in [0.25, 0.3) is 0 Å². The van der Waals surface area contributed by atoms with Crippen molar-refractivity contribution in [2.24, 2.45) is 0 Å². The van der Waals surface area contributed by atoms with Gasteiger partial charge in [0, 0.05) is 6.54 Å². The number of aliphatic hydroxyl groups excluding tert-OH is 1. The van der Waals surface area contributed by atoms with Crippen molar-refractivity contribution in [3.63, 3.8) is 0 Å². The van der Waals surface area contributed by atoms with Crippen LogP contribution in [0.4, 0.5) is 0 Å². The van der Waals surface area contributed by atoms with E-state index in [1.54, 1.807) is 12.1 Å². The van der Waals surface area contributed by atoms with Gasteiger partial charge < -0.3 is 14.6 Å². The first-order valence-corrected chi connectivity index (χ1v) is 10.5. The number of benzene rings is 2. The lowest BCUT2D eigenvalue weighted by Gasteiger charge is -2.19. The Morgan fingerprint density at radius 2 is 1.70 bits per heavy atom. The summed E-state index contributed by atoms with van der Waals surface area (Å²) in [7, 11) is -3.68. The van der Waals surface area contributed by atoms with E-state index in [0.717, 1.165) is 17.5 Å². The Balaban J connectivity index is 2.06. The fourth-order valence-electron chi connectivity index (χ4n) is 2.45. The Bertz CT molecular complexity index is 788. The summed E-state index contributed by atoms with van der Waals surface area (Å²) in [4.78, 5) is 0.163. The summed E-state index contributed by atoms with van der Waals surface area (Å²) in [5, 5.41) is 9.02. The highest BCUT2D eigenvalue weighted by Crippen LogP contribution is 2.20. The molecule has 0 bridgehead atoms. The van der Waals surface area contributed by atoms with Crippen LogP contribution in [-0.4, -0.2) is 39.9 Å². The standard InChI is InChI=1S/C20H27NO5S/c1-3-13-25-18-8-10-19(11-9-18)27(23,24)21-15-20(26-14-12-22)17-6-4-16(2)5-7-17/h4-11,20-22H,3,12-15H2,1-2H3/t20-/m0/s1. The summed E-state index contributed by atoms with van der Waals surface area (Å²) >= 11 is 0. The molecule has 0 saturated heterocycles. The molecule has 0 spiro atoms. The summed E-state index contributed by atoms with van der Waals surface area (Å²) in [6.45, 7) is 4.64. The predicted molar refractivity (Wildman–Crippen MR) is 104 cm³/mol. The largest absolute Gasteiger partial charge is 0.494 e. The molecule has 27 heavy (non-hydrogen) atoms. The van der Waals surface area contributed by atoms with Gasteiger partial charge in [-0.1, -0.05) is 36.8 Å². The molecule has 0 aliphatic carbocycles. The molecule has 0 radical (unpaired) electrons. The maximum atomic E-state index is 12.6. The fraction of sp³-hybridized carbons (Fsp3) is 0.400. The van der Waals surface area contributed by atoms with E-state index in [4.69, 9.17) is 14.6 Å². The van der Waals surface area contributed by atoms with Crippen molar-refractivity contribution in [1.29, 1.82) is 0 Å². The summed E-state index contributed by atoms with van der Waals surface area (Å²) in [5.74, 6) is 0.639. The Hall–Kier alpha value is -1.93. The highest BCUT2D eigenvalue weighted by Gasteiger charge is 2.19. The van der Waals surface area contributed by atoms with Crippen LogP contribution < -0.4 is 9.46 Å². The van der Waals surface area contributed by atoms with Crippen LogP contribution in [0.5, 0.6) is 5.75 Å². The van der Waals surface area contributed by atoms with E-state index in [1.165, 1.54) is 12.1 Å². The van der Waals surface area contributed by atoms with Gasteiger partial charge in [-0.15, -0.1) is 0 Å². The van der Waals surface area contributed by atoms with Gasteiger partial charge in [0.15, 0.2) is 0 Å². The van der Waals surface area contributed by atoms with Crippen LogP contribution in [-0.2, 0) is 14.8 Å². The van der Waals surface area contributed by atoms with Crippen molar-refractivity contribution < 1.29 is 23.0 Å². The quantitative estimate of drug-likeness (QED) is 0.613. The number of aryl methyl sites for hydroxylation is 1. The van der Waals surface area contributed by atoms with Crippen LogP contribution in [0.3, 0.4) is 0 Å². The van der Waals surface area contributed by atoms with E-state index in [-0.39, 0.29) is 24.7 Å². The Kier molecular flexibility index (Phi) is 8.24. The lowest BCUT2D eigenvalue weighted by Crippen LogP contribution is -2.30. The Labute approximate surface area is 161 Å². The van der Waals surface area contributed by atoms with Gasteiger partial charge in [0.05, 0.1) is 30.8 Å². The zero-order chi connectivity index (χ0) is 19.7. The summed E-state index contributed by atoms with van der Waals surface area (Å²) < 4.78 is 38.8. The zero-order valence-corrected chi connectivity index (χ0v) is 16.5. The molecule has 1 atom stereocenters. The van der Waals surface area contributed by atoms with Crippen LogP contribution in [0, 0.1) is 6.92 Å². The number of nitrogens with one attached hydrogen (secondary N) is 1. The van der Waals surface area contributed by atoms with Gasteiger partial charge in [-0.2, -0.15) is 0 Å². The SMILES string of the molecule is CCCOc1ccc(S(=O)(=O)NC[C@H](OCCO)c2ccc(C)cc2)cc1. The molecule has 7 heteroatoms. The second kappa shape index (κ2) is 10.4. The van der Waals surface area contributed by atoms with Crippen molar-refractivity contribution in [3.8, 4) is 5.75 Å². The molecule has 0 aromatic heterocycles. The van der Waals surface area contributed by atoms with Crippen molar-refractivity contribution in [2.75, 3.05) is 26.4 Å². The third-order valence-electron chi connectivity index (χ3n) is 3.93. The average molecular weight is 394 g/mol. The fourth-order valence-corrected chi connectivity index (χ4v) is 3.48. The second-order valence-corrected chi connectivity index (χ2v) is 7.93. The molecule has 0 heterocycles. The minimum Gasteiger partial charge on any atom is -0.494 e. The monoisotopic (exact) mass is 393 g/mol. The maximum Gasteiger partial charge on any atom is 0.240 e. The molecule has 0 fully saturated rings. The van der Waals surface area contributed by atoms with Crippen molar-refractivity contribution in [3.05, 3.63) is 59.7 Å². The van der Waals surface area contributed by atoms with Gasteiger partial charge in [-0.05, 0) is 43.2 Å². The third kappa shape index (κ3) is 6.62. The molecule has 0 unspecified atom stereocenters. The topological polar surface area (TPSA) is 84.9 Å². The number of aliphatic hydroxyl groups is 1. The number of ether oxygens (including phenoxy) is 2. The number of hydrogen-bond donors (Lipinski definition) is 2. The molecular weight excluding hydrogens is 366 g/mol. The first-order valence-electron chi connectivity index (χ1n) is 8.98. The van der Waals surface area contributed by atoms with Crippen LogP contribution in [0.15, 0.2) is 53.4 Å². The second-order valence-electron chi connectivity index (χ2n) is 6.17. The normalized spacial score (nSPS) is 12.7. The van der Waals surface area contributed by atoms with Crippen molar-refractivity contribution in [1.82, 2.24) is 4.72 Å². The van der Waals surface area contributed by atoms with E-state index >= 15 is 0 Å². The van der Waals surface area contributed by atoms with Gasteiger partial charge >= 0.3 is 0 Å². The molecular formula is C20H27NO5S. The Morgan fingerprint density at radius 1 is 1.04 bits per heavy atom. The predicted octanol–water partition coefficient (Wildman–Crippen LogP) is 2.81. The smallest absolute Gasteiger partial charge is 0.240 e. The third-order valence-corrected chi connectivity index (χ3v) is 5.36. The van der Waals surface area contributed by atoms with E-state index < -0.39 is 16.1 Å². The van der Waals surface area contributed by atoms with Crippen LogP contribution >= 0.6 is 0 Å². The van der Waals surface area contributed by atoms with Gasteiger partial charge in [0.1, 0.15) is 5.75 Å². The number of sulfonamides is 1. The zero-order valence-electron chi connectivity index (χ0n) is 15.7. The van der Waals surface area contributed by atoms with Crippen LogP contribution in [0.25, 0.3) is 0 Å². The van der Waals surface area contributed by atoms with E-state index in [9.17, 15) is 8.42 Å². The lowest BCUT2D eigenvalue weighted by atomic mass is 10.1. The molecule has 2 aromatic carbocycles. The molecule has 2 rings (SSSR count). The first-order chi connectivity index (χ1) is 13.0. The van der Waals surface area contributed by atoms with Crippen LogP contribution in [0.2, 0.25) is 0 Å². The maximum absolute atomic E-state index is 12.6. The highest BCUT2D eigenvalue weighted by atomic mass is 32.2. The molecule has 2 N–H and O–H groups in total. The van der Waals surface area contributed by atoms with Crippen LogP contribution in [0.1, 0.15) is 30.6 Å². The minimum atomic E-state index is -3.68. The minimum absolute atomic E-state index is 0.0689. The summed E-state index contributed by atoms with van der Waals surface area (Å²) in [6, 6.07) is 14.0. The molecule has 0 aliphatic heterocycles. The van der Waals surface area contributed by atoms with Crippen molar-refractivity contribution in [2.45, 2.75) is 31.3 Å². The van der Waals surface area contributed by atoms with Gasteiger partial charge in [0.2, 0.25) is 10.0 Å². The highest BCUT2D eigenvalue weighted by molar-refractivity contribution is 7.89. The number of rotatable bonds is 11. The number of hydrogen-bond acceptors (Lipinski definition) is 5. The van der Waals surface area contributed by atoms with E-state index in [2.05, 4.69) is 4.72 Å². The van der Waals surface area contributed by atoms with Gasteiger partial charge in [-0.25, -0.2) is 13.1 Å².